The monoisotopic (exact) mass is 251 g/mol. The number of rotatable bonds is 2. The molecule has 17 heavy (non-hydrogen) atoms. The number of hydrogen-bond acceptors (Lipinski definition) is 4. The van der Waals surface area contributed by atoms with Gasteiger partial charge >= 0.3 is 0 Å². The number of nitrogens with zero attached hydrogens (tertiary/aromatic N) is 4. The molecule has 2 aromatic heterocycles. The Labute approximate surface area is 103 Å². The van der Waals surface area contributed by atoms with E-state index in [0.717, 1.165) is 5.56 Å². The van der Waals surface area contributed by atoms with Crippen molar-refractivity contribution in [2.75, 3.05) is 7.05 Å². The van der Waals surface area contributed by atoms with Crippen LogP contribution in [0.25, 0.3) is 5.82 Å². The van der Waals surface area contributed by atoms with E-state index in [1.807, 2.05) is 6.92 Å². The van der Waals surface area contributed by atoms with Gasteiger partial charge in [0.05, 0.1) is 0 Å². The Bertz CT molecular complexity index is 566. The molecule has 0 atom stereocenters. The third-order valence-corrected chi connectivity index (χ3v) is 2.36. The molecule has 0 aliphatic rings. The van der Waals surface area contributed by atoms with Crippen molar-refractivity contribution < 1.29 is 4.79 Å². The molecular weight excluding hydrogens is 242 g/mol. The highest BCUT2D eigenvalue weighted by atomic mass is 35.5. The topological polar surface area (TPSA) is 72.7 Å². The first kappa shape index (κ1) is 11.5. The lowest BCUT2D eigenvalue weighted by Crippen LogP contribution is -2.18. The zero-order valence-electron chi connectivity index (χ0n) is 9.31. The van der Waals surface area contributed by atoms with E-state index in [1.165, 1.54) is 4.68 Å². The Kier molecular flexibility index (Phi) is 3.06. The van der Waals surface area contributed by atoms with E-state index in [9.17, 15) is 4.79 Å². The van der Waals surface area contributed by atoms with Crippen LogP contribution in [0.3, 0.4) is 0 Å². The lowest BCUT2D eigenvalue weighted by atomic mass is 10.3. The van der Waals surface area contributed by atoms with Crippen molar-refractivity contribution in [1.82, 2.24) is 25.1 Å². The Morgan fingerprint density at radius 3 is 3.00 bits per heavy atom. The van der Waals surface area contributed by atoms with Crippen molar-refractivity contribution in [1.29, 1.82) is 0 Å². The van der Waals surface area contributed by atoms with Gasteiger partial charge < -0.3 is 5.32 Å². The van der Waals surface area contributed by atoms with Gasteiger partial charge in [0.15, 0.2) is 11.5 Å². The Morgan fingerprint density at radius 1 is 1.53 bits per heavy atom. The number of carbonyl (C=O) groups is 1. The zero-order chi connectivity index (χ0) is 12.4. The standard InChI is InChI=1S/C10H10ClN5O/c1-6-5-13-10(11)14-8(6)16-4-3-7(15-16)9(17)12-2/h3-5H,1-2H3,(H,12,17). The van der Waals surface area contributed by atoms with Crippen LogP contribution in [0, 0.1) is 6.92 Å². The Balaban J connectivity index is 2.43. The van der Waals surface area contributed by atoms with Crippen LogP contribution in [-0.4, -0.2) is 32.7 Å². The van der Waals surface area contributed by atoms with Crippen LogP contribution in [0.15, 0.2) is 18.5 Å². The molecule has 2 heterocycles. The first-order valence-corrected chi connectivity index (χ1v) is 5.27. The summed E-state index contributed by atoms with van der Waals surface area (Å²) in [6.45, 7) is 1.84. The Hall–Kier alpha value is -1.95. The van der Waals surface area contributed by atoms with Crippen LogP contribution in [0.5, 0.6) is 0 Å². The van der Waals surface area contributed by atoms with Gasteiger partial charge in [-0.1, -0.05) is 0 Å². The number of amides is 1. The summed E-state index contributed by atoms with van der Waals surface area (Å²) in [4.78, 5) is 19.3. The van der Waals surface area contributed by atoms with E-state index >= 15 is 0 Å². The zero-order valence-corrected chi connectivity index (χ0v) is 10.1. The largest absolute Gasteiger partial charge is 0.354 e. The minimum Gasteiger partial charge on any atom is -0.354 e. The smallest absolute Gasteiger partial charge is 0.271 e. The fraction of sp³-hybridized carbons (Fsp3) is 0.200. The minimum absolute atomic E-state index is 0.141. The van der Waals surface area contributed by atoms with Crippen molar-refractivity contribution in [3.63, 3.8) is 0 Å². The molecule has 2 rings (SSSR count). The number of hydrogen-bond donors (Lipinski definition) is 1. The van der Waals surface area contributed by atoms with Crippen LogP contribution in [0.2, 0.25) is 5.28 Å². The molecule has 0 spiro atoms. The predicted molar refractivity (Wildman–Crippen MR) is 62.3 cm³/mol. The molecule has 0 saturated heterocycles. The van der Waals surface area contributed by atoms with Crippen LogP contribution in [0.1, 0.15) is 16.1 Å². The van der Waals surface area contributed by atoms with Crippen LogP contribution in [-0.2, 0) is 0 Å². The molecule has 0 unspecified atom stereocenters. The van der Waals surface area contributed by atoms with Crippen molar-refractivity contribution in [2.24, 2.45) is 0 Å². The average Bonchev–Trinajstić information content (AvgIpc) is 2.80. The number of carbonyl (C=O) groups excluding carboxylic acids is 1. The van der Waals surface area contributed by atoms with Gasteiger partial charge in [0.2, 0.25) is 5.28 Å². The highest BCUT2D eigenvalue weighted by Crippen LogP contribution is 2.12. The summed E-state index contributed by atoms with van der Waals surface area (Å²) in [5.41, 5.74) is 1.14. The maximum Gasteiger partial charge on any atom is 0.271 e. The SMILES string of the molecule is CNC(=O)c1ccn(-c2nc(Cl)ncc2C)n1. The predicted octanol–water partition coefficient (Wildman–Crippen LogP) is 0.984. The lowest BCUT2D eigenvalue weighted by molar-refractivity contribution is 0.0957. The van der Waals surface area contributed by atoms with E-state index in [4.69, 9.17) is 11.6 Å². The highest BCUT2D eigenvalue weighted by molar-refractivity contribution is 6.28. The molecule has 1 amide bonds. The van der Waals surface area contributed by atoms with Gasteiger partial charge in [-0.25, -0.2) is 9.67 Å². The second-order valence-electron chi connectivity index (χ2n) is 3.37. The molecular formula is C10H10ClN5O. The first-order valence-electron chi connectivity index (χ1n) is 4.89. The molecule has 88 valence electrons. The molecule has 6 nitrogen and oxygen atoms in total. The molecule has 0 radical (unpaired) electrons. The molecule has 0 aliphatic carbocycles. The molecule has 0 fully saturated rings. The first-order chi connectivity index (χ1) is 8.11. The summed E-state index contributed by atoms with van der Waals surface area (Å²) in [6, 6.07) is 1.61. The lowest BCUT2D eigenvalue weighted by Gasteiger charge is -2.03. The van der Waals surface area contributed by atoms with Gasteiger partial charge in [-0.05, 0) is 24.6 Å². The normalized spacial score (nSPS) is 10.3. The summed E-state index contributed by atoms with van der Waals surface area (Å²) >= 11 is 5.72. The summed E-state index contributed by atoms with van der Waals surface area (Å²) < 4.78 is 1.49. The summed E-state index contributed by atoms with van der Waals surface area (Å²) in [6.07, 6.45) is 3.25. The molecule has 1 N–H and O–H groups in total. The van der Waals surface area contributed by atoms with Crippen molar-refractivity contribution >= 4 is 17.5 Å². The number of aryl methyl sites for hydroxylation is 1. The van der Waals surface area contributed by atoms with Crippen LogP contribution in [0.4, 0.5) is 0 Å². The summed E-state index contributed by atoms with van der Waals surface area (Å²) in [5, 5.41) is 6.75. The number of nitrogens with one attached hydrogen (secondary N) is 1. The van der Waals surface area contributed by atoms with E-state index in [0.29, 0.717) is 11.5 Å². The van der Waals surface area contributed by atoms with Gasteiger partial charge in [-0.3, -0.25) is 4.79 Å². The fourth-order valence-electron chi connectivity index (χ4n) is 1.34. The molecule has 2 aromatic rings. The Morgan fingerprint density at radius 2 is 2.29 bits per heavy atom. The van der Waals surface area contributed by atoms with E-state index < -0.39 is 0 Å². The van der Waals surface area contributed by atoms with Crippen LogP contribution < -0.4 is 5.32 Å². The average molecular weight is 252 g/mol. The maximum atomic E-state index is 11.4. The number of halogens is 1. The molecule has 0 aromatic carbocycles. The van der Waals surface area contributed by atoms with E-state index in [2.05, 4.69) is 20.4 Å². The van der Waals surface area contributed by atoms with Gasteiger partial charge in [0, 0.05) is 25.0 Å². The third-order valence-electron chi connectivity index (χ3n) is 2.18. The summed E-state index contributed by atoms with van der Waals surface area (Å²) in [5.74, 6) is 0.307. The van der Waals surface area contributed by atoms with Gasteiger partial charge in [0.25, 0.3) is 5.91 Å². The van der Waals surface area contributed by atoms with E-state index in [1.54, 1.807) is 25.5 Å². The minimum atomic E-state index is -0.249. The highest BCUT2D eigenvalue weighted by Gasteiger charge is 2.10. The second kappa shape index (κ2) is 4.50. The van der Waals surface area contributed by atoms with Crippen molar-refractivity contribution in [3.05, 3.63) is 35.0 Å². The number of aromatic nitrogens is 4. The molecule has 7 heteroatoms. The molecule has 0 aliphatic heterocycles. The van der Waals surface area contributed by atoms with Crippen molar-refractivity contribution in [3.8, 4) is 5.82 Å². The fourth-order valence-corrected chi connectivity index (χ4v) is 1.46. The summed E-state index contributed by atoms with van der Waals surface area (Å²) in [7, 11) is 1.55. The quantitative estimate of drug-likeness (QED) is 0.808. The molecule has 0 bridgehead atoms. The van der Waals surface area contributed by atoms with Crippen molar-refractivity contribution in [2.45, 2.75) is 6.92 Å². The van der Waals surface area contributed by atoms with E-state index in [-0.39, 0.29) is 11.2 Å². The second-order valence-corrected chi connectivity index (χ2v) is 3.71. The third kappa shape index (κ3) is 2.26. The molecule has 0 saturated carbocycles. The van der Waals surface area contributed by atoms with Crippen LogP contribution >= 0.6 is 11.6 Å². The maximum absolute atomic E-state index is 11.4. The van der Waals surface area contributed by atoms with Gasteiger partial charge in [-0.15, -0.1) is 0 Å². The van der Waals surface area contributed by atoms with Gasteiger partial charge in [0.1, 0.15) is 0 Å². The van der Waals surface area contributed by atoms with Gasteiger partial charge in [-0.2, -0.15) is 10.1 Å².